The molecule has 0 N–H and O–H groups in total. The zero-order valence-corrected chi connectivity index (χ0v) is 19.2. The summed E-state index contributed by atoms with van der Waals surface area (Å²) in [6.45, 7) is 5.53. The Hall–Kier alpha value is -2.28. The van der Waals surface area contributed by atoms with Gasteiger partial charge in [-0.2, -0.15) is 0 Å². The monoisotopic (exact) mass is 438 g/mol. The molecule has 1 aliphatic rings. The van der Waals surface area contributed by atoms with E-state index < -0.39 is 5.79 Å². The molecule has 2 heterocycles. The Morgan fingerprint density at radius 1 is 1.19 bits per heavy atom. The van der Waals surface area contributed by atoms with Gasteiger partial charge in [0.1, 0.15) is 5.75 Å². The van der Waals surface area contributed by atoms with Crippen LogP contribution in [0.5, 0.6) is 5.75 Å². The highest BCUT2D eigenvalue weighted by Gasteiger charge is 2.41. The zero-order chi connectivity index (χ0) is 21.7. The Morgan fingerprint density at radius 3 is 2.74 bits per heavy atom. The third kappa shape index (κ3) is 5.70. The molecule has 4 rings (SSSR count). The summed E-state index contributed by atoms with van der Waals surface area (Å²) in [5, 5.41) is 0. The second kappa shape index (κ2) is 9.90. The Labute approximate surface area is 188 Å². The Morgan fingerprint density at radius 2 is 2.03 bits per heavy atom. The predicted molar refractivity (Wildman–Crippen MR) is 124 cm³/mol. The lowest BCUT2D eigenvalue weighted by Crippen LogP contribution is -2.37. The van der Waals surface area contributed by atoms with Crippen molar-refractivity contribution >= 4 is 11.8 Å². The maximum Gasteiger partial charge on any atom is 0.187 e. The van der Waals surface area contributed by atoms with Crippen molar-refractivity contribution in [2.75, 3.05) is 19.5 Å². The van der Waals surface area contributed by atoms with E-state index >= 15 is 0 Å². The number of hydrogen-bond acceptors (Lipinski definition) is 5. The van der Waals surface area contributed by atoms with E-state index in [0.29, 0.717) is 13.2 Å². The van der Waals surface area contributed by atoms with Crippen LogP contribution in [0.1, 0.15) is 23.1 Å². The molecule has 31 heavy (non-hydrogen) atoms. The first-order valence-electron chi connectivity index (χ1n) is 10.7. The van der Waals surface area contributed by atoms with Crippen molar-refractivity contribution in [1.29, 1.82) is 0 Å². The number of aryl methyl sites for hydroxylation is 3. The number of ether oxygens (including phenoxy) is 3. The number of thioether (sulfide) groups is 1. The van der Waals surface area contributed by atoms with E-state index in [1.54, 1.807) is 13.3 Å². The molecule has 2 unspecified atom stereocenters. The fourth-order valence-electron chi connectivity index (χ4n) is 3.92. The van der Waals surface area contributed by atoms with Crippen LogP contribution in [0.3, 0.4) is 0 Å². The first kappa shape index (κ1) is 21.9. The molecule has 0 bridgehead atoms. The molecule has 1 fully saturated rings. The minimum absolute atomic E-state index is 0.0603. The van der Waals surface area contributed by atoms with E-state index in [1.165, 1.54) is 21.6 Å². The predicted octanol–water partition coefficient (Wildman–Crippen LogP) is 5.05. The van der Waals surface area contributed by atoms with Gasteiger partial charge in [0.25, 0.3) is 0 Å². The summed E-state index contributed by atoms with van der Waals surface area (Å²) in [4.78, 5) is 5.48. The van der Waals surface area contributed by atoms with E-state index in [9.17, 15) is 0 Å². The summed E-state index contributed by atoms with van der Waals surface area (Å²) >= 11 is 1.84. The molecule has 1 aliphatic heterocycles. The van der Waals surface area contributed by atoms with Gasteiger partial charge >= 0.3 is 0 Å². The highest BCUT2D eigenvalue weighted by molar-refractivity contribution is 7.99. The van der Waals surface area contributed by atoms with Crippen molar-refractivity contribution in [3.8, 4) is 5.75 Å². The fourth-order valence-corrected chi connectivity index (χ4v) is 4.90. The minimum atomic E-state index is -0.645. The number of benzene rings is 2. The maximum absolute atomic E-state index is 6.56. The van der Waals surface area contributed by atoms with E-state index in [2.05, 4.69) is 49.2 Å². The minimum Gasteiger partial charge on any atom is -0.497 e. The number of hydrogen-bond donors (Lipinski definition) is 0. The normalized spacial score (nSPS) is 20.8. The van der Waals surface area contributed by atoms with Gasteiger partial charge in [0.05, 0.1) is 32.7 Å². The van der Waals surface area contributed by atoms with Gasteiger partial charge in [-0.25, -0.2) is 4.98 Å². The average Bonchev–Trinajstić information content (AvgIpc) is 3.43. The third-order valence-corrected chi connectivity index (χ3v) is 6.91. The van der Waals surface area contributed by atoms with Crippen molar-refractivity contribution in [1.82, 2.24) is 9.55 Å². The third-order valence-electron chi connectivity index (χ3n) is 5.61. The van der Waals surface area contributed by atoms with Gasteiger partial charge in [-0.3, -0.25) is 0 Å². The number of imidazole rings is 1. The molecule has 0 spiro atoms. The summed E-state index contributed by atoms with van der Waals surface area (Å²) in [6.07, 6.45) is 7.28. The Balaban J connectivity index is 1.41. The molecule has 0 saturated carbocycles. The highest BCUT2D eigenvalue weighted by atomic mass is 32.2. The van der Waals surface area contributed by atoms with E-state index in [-0.39, 0.29) is 6.10 Å². The molecular formula is C25H30N2O3S. The second-order valence-electron chi connectivity index (χ2n) is 8.12. The van der Waals surface area contributed by atoms with Gasteiger partial charge in [0, 0.05) is 29.5 Å². The van der Waals surface area contributed by atoms with Crippen LogP contribution in [0.15, 0.2) is 66.1 Å². The smallest absolute Gasteiger partial charge is 0.187 e. The number of nitrogens with zero attached hydrogens (tertiary/aromatic N) is 2. The Bertz CT molecular complexity index is 975. The number of aromatic nitrogens is 2. The van der Waals surface area contributed by atoms with Crippen molar-refractivity contribution in [2.24, 2.45) is 0 Å². The van der Waals surface area contributed by atoms with E-state index in [0.717, 1.165) is 24.3 Å². The van der Waals surface area contributed by atoms with Crippen molar-refractivity contribution in [3.63, 3.8) is 0 Å². The molecule has 2 atom stereocenters. The molecule has 1 aromatic heterocycles. The van der Waals surface area contributed by atoms with Gasteiger partial charge in [-0.1, -0.05) is 29.8 Å². The number of methoxy groups -OCH3 is 1. The van der Waals surface area contributed by atoms with E-state index in [1.807, 2.05) is 41.0 Å². The van der Waals surface area contributed by atoms with Crippen molar-refractivity contribution in [3.05, 3.63) is 77.9 Å². The lowest BCUT2D eigenvalue weighted by Gasteiger charge is -2.28. The van der Waals surface area contributed by atoms with Crippen molar-refractivity contribution in [2.45, 2.75) is 50.0 Å². The summed E-state index contributed by atoms with van der Waals surface area (Å²) in [5.41, 5.74) is 3.85. The van der Waals surface area contributed by atoms with Crippen molar-refractivity contribution < 1.29 is 14.2 Å². The Kier molecular flexibility index (Phi) is 7.00. The van der Waals surface area contributed by atoms with Crippen LogP contribution >= 0.6 is 11.8 Å². The molecular weight excluding hydrogens is 408 g/mol. The standard InChI is InChI=1S/C25H30N2O3S/c1-19-4-9-24(20(2)14-19)31-16-23-15-29-25(30-23,17-27-13-12-26-18-27)11-10-21-5-7-22(28-3)8-6-21/h4-9,12-14,18,23H,10-11,15-17H2,1-3H3. The largest absolute Gasteiger partial charge is 0.497 e. The molecule has 1 saturated heterocycles. The van der Waals surface area contributed by atoms with E-state index in [4.69, 9.17) is 14.2 Å². The van der Waals surface area contributed by atoms with Gasteiger partial charge in [-0.05, 0) is 49.6 Å². The van der Waals surface area contributed by atoms with Crippen LogP contribution < -0.4 is 4.74 Å². The molecule has 5 nitrogen and oxygen atoms in total. The molecule has 164 valence electrons. The number of rotatable bonds is 9. The van der Waals surface area contributed by atoms with Crippen LogP contribution in [-0.4, -0.2) is 40.9 Å². The highest BCUT2D eigenvalue weighted by Crippen LogP contribution is 2.34. The first-order valence-corrected chi connectivity index (χ1v) is 11.6. The van der Waals surface area contributed by atoms with Crippen LogP contribution in [0, 0.1) is 13.8 Å². The summed E-state index contributed by atoms with van der Waals surface area (Å²) in [7, 11) is 1.69. The molecule has 0 amide bonds. The lowest BCUT2D eigenvalue weighted by molar-refractivity contribution is -0.180. The van der Waals surface area contributed by atoms with Crippen LogP contribution in [0.4, 0.5) is 0 Å². The summed E-state index contributed by atoms with van der Waals surface area (Å²) in [5.74, 6) is 1.10. The van der Waals surface area contributed by atoms with Crippen LogP contribution in [0.25, 0.3) is 0 Å². The van der Waals surface area contributed by atoms with Gasteiger partial charge < -0.3 is 18.8 Å². The molecule has 2 aromatic carbocycles. The van der Waals surface area contributed by atoms with Gasteiger partial charge in [-0.15, -0.1) is 11.8 Å². The fraction of sp³-hybridized carbons (Fsp3) is 0.400. The quantitative estimate of drug-likeness (QED) is 0.438. The molecule has 0 radical (unpaired) electrons. The SMILES string of the molecule is COc1ccc(CCC2(Cn3ccnc3)OCC(CSc3ccc(C)cc3C)O2)cc1. The topological polar surface area (TPSA) is 45.5 Å². The molecule has 3 aromatic rings. The second-order valence-corrected chi connectivity index (χ2v) is 9.19. The lowest BCUT2D eigenvalue weighted by atomic mass is 10.0. The maximum atomic E-state index is 6.56. The summed E-state index contributed by atoms with van der Waals surface area (Å²) < 4.78 is 20.2. The van der Waals surface area contributed by atoms with Crippen LogP contribution in [0.2, 0.25) is 0 Å². The average molecular weight is 439 g/mol. The first-order chi connectivity index (χ1) is 15.0. The van der Waals surface area contributed by atoms with Gasteiger partial charge in [0.2, 0.25) is 0 Å². The van der Waals surface area contributed by atoms with Crippen LogP contribution in [-0.2, 0) is 22.4 Å². The van der Waals surface area contributed by atoms with Gasteiger partial charge in [0.15, 0.2) is 5.79 Å². The molecule has 6 heteroatoms. The summed E-state index contributed by atoms with van der Waals surface area (Å²) in [6, 6.07) is 14.8. The molecule has 0 aliphatic carbocycles. The zero-order valence-electron chi connectivity index (χ0n) is 18.4.